The van der Waals surface area contributed by atoms with Gasteiger partial charge in [-0.25, -0.2) is 0 Å². The fraction of sp³-hybridized carbons (Fsp3) is 0.833. The molecule has 1 aliphatic rings. The van der Waals surface area contributed by atoms with Crippen LogP contribution in [0.1, 0.15) is 69.0 Å². The molecule has 1 heterocycles. The van der Waals surface area contributed by atoms with Gasteiger partial charge in [0.25, 0.3) is 0 Å². The molecule has 3 nitrogen and oxygen atoms in total. The van der Waals surface area contributed by atoms with E-state index >= 15 is 0 Å². The zero-order chi connectivity index (χ0) is 10.5. The van der Waals surface area contributed by atoms with Crippen LogP contribution in [0.4, 0.5) is 0 Å². The van der Waals surface area contributed by atoms with Crippen LogP contribution in [0, 0.1) is 0 Å². The molecule has 86 valence electrons. The minimum atomic E-state index is -0.437. The number of aryl methyl sites for hydroxylation is 1. The van der Waals surface area contributed by atoms with Gasteiger partial charge in [-0.2, -0.15) is 0 Å². The second-order valence-corrected chi connectivity index (χ2v) is 4.48. The Kier molecular flexibility index (Phi) is 3.89. The van der Waals surface area contributed by atoms with Crippen molar-refractivity contribution in [2.75, 3.05) is 0 Å². The fourth-order valence-electron chi connectivity index (χ4n) is 2.19. The molecule has 0 spiro atoms. The number of rotatable bonds is 0. The Hall–Kier alpha value is -0.700. The van der Waals surface area contributed by atoms with Gasteiger partial charge in [0.05, 0.1) is 0 Å². The highest BCUT2D eigenvalue weighted by Crippen LogP contribution is 2.28. The first-order valence-corrected chi connectivity index (χ1v) is 6.13. The summed E-state index contributed by atoms with van der Waals surface area (Å²) in [6.07, 6.45) is 9.97. The molecule has 3 heteroatoms. The average Bonchev–Trinajstić information content (AvgIpc) is 2.17. The van der Waals surface area contributed by atoms with Crippen LogP contribution in [0.5, 0.6) is 0 Å². The molecule has 0 radical (unpaired) electrons. The Balaban J connectivity index is 1.91. The zero-order valence-corrected chi connectivity index (χ0v) is 9.21. The summed E-state index contributed by atoms with van der Waals surface area (Å²) in [5, 5.41) is 9.82. The number of hydrogen-bond acceptors (Lipinski definition) is 3. The Morgan fingerprint density at radius 2 is 1.53 bits per heavy atom. The van der Waals surface area contributed by atoms with Crippen LogP contribution in [-0.4, -0.2) is 5.11 Å². The van der Waals surface area contributed by atoms with E-state index in [1.165, 1.54) is 32.1 Å². The second kappa shape index (κ2) is 5.40. The predicted molar refractivity (Wildman–Crippen MR) is 56.6 cm³/mol. The molecule has 0 fully saturated rings. The third kappa shape index (κ3) is 2.88. The zero-order valence-electron chi connectivity index (χ0n) is 9.21. The topological polar surface area (TPSA) is 46.5 Å². The maximum absolute atomic E-state index is 9.82. The molecule has 15 heavy (non-hydrogen) atoms. The Labute approximate surface area is 90.4 Å². The van der Waals surface area contributed by atoms with Gasteiger partial charge in [-0.15, -0.1) is 0 Å². The third-order valence-corrected chi connectivity index (χ3v) is 3.19. The molecule has 1 unspecified atom stereocenters. The fourth-order valence-corrected chi connectivity index (χ4v) is 2.19. The SMILES string of the molecule is OC1CCCCCCCCCc2ooc21. The van der Waals surface area contributed by atoms with Crippen molar-refractivity contribution >= 4 is 0 Å². The van der Waals surface area contributed by atoms with E-state index in [1.54, 1.807) is 0 Å². The van der Waals surface area contributed by atoms with Gasteiger partial charge >= 0.3 is 0 Å². The lowest BCUT2D eigenvalue weighted by Gasteiger charge is -2.14. The van der Waals surface area contributed by atoms with Gasteiger partial charge in [0.1, 0.15) is 6.10 Å². The normalized spacial score (nSPS) is 25.3. The highest BCUT2D eigenvalue weighted by molar-refractivity contribution is 5.07. The Morgan fingerprint density at radius 1 is 0.867 bits per heavy atom. The molecule has 0 aromatic carbocycles. The maximum Gasteiger partial charge on any atom is 0.226 e. The number of aliphatic hydroxyl groups excluding tert-OH is 1. The first-order chi connectivity index (χ1) is 7.38. The van der Waals surface area contributed by atoms with Crippen molar-refractivity contribution in [3.63, 3.8) is 0 Å². The number of fused-ring (bicyclic) bond motifs is 1. The van der Waals surface area contributed by atoms with Crippen LogP contribution < -0.4 is 0 Å². The molecule has 1 atom stereocenters. The van der Waals surface area contributed by atoms with Crippen molar-refractivity contribution < 1.29 is 14.3 Å². The maximum atomic E-state index is 9.82. The molecule has 0 bridgehead atoms. The van der Waals surface area contributed by atoms with Gasteiger partial charge < -0.3 is 5.11 Å². The lowest BCUT2D eigenvalue weighted by atomic mass is 10.0. The summed E-state index contributed by atoms with van der Waals surface area (Å²) >= 11 is 0. The summed E-state index contributed by atoms with van der Waals surface area (Å²) in [7, 11) is 0. The molecule has 0 saturated heterocycles. The minimum Gasteiger partial charge on any atom is -0.385 e. The molecular weight excluding hydrogens is 192 g/mol. The average molecular weight is 212 g/mol. The Morgan fingerprint density at radius 3 is 2.20 bits per heavy atom. The van der Waals surface area contributed by atoms with E-state index in [0.29, 0.717) is 5.76 Å². The molecule has 0 aliphatic heterocycles. The lowest BCUT2D eigenvalue weighted by molar-refractivity contribution is -0.0653. The summed E-state index contributed by atoms with van der Waals surface area (Å²) < 4.78 is 9.81. The van der Waals surface area contributed by atoms with E-state index in [9.17, 15) is 5.11 Å². The van der Waals surface area contributed by atoms with Crippen LogP contribution in [0.25, 0.3) is 0 Å². The molecule has 0 saturated carbocycles. The number of hydrogen-bond donors (Lipinski definition) is 1. The first kappa shape index (κ1) is 10.8. The summed E-state index contributed by atoms with van der Waals surface area (Å²) in [5.74, 6) is 1.57. The smallest absolute Gasteiger partial charge is 0.226 e. The van der Waals surface area contributed by atoms with Crippen LogP contribution in [-0.2, 0) is 6.42 Å². The first-order valence-electron chi connectivity index (χ1n) is 6.13. The Bertz CT molecular complexity index is 274. The van der Waals surface area contributed by atoms with Crippen LogP contribution >= 0.6 is 0 Å². The van der Waals surface area contributed by atoms with Crippen molar-refractivity contribution in [2.24, 2.45) is 0 Å². The summed E-state index contributed by atoms with van der Waals surface area (Å²) in [6.45, 7) is 0. The molecule has 2 rings (SSSR count). The van der Waals surface area contributed by atoms with E-state index in [1.807, 2.05) is 0 Å². The van der Waals surface area contributed by atoms with E-state index in [2.05, 4.69) is 0 Å². The highest BCUT2D eigenvalue weighted by atomic mass is 17.0. The van der Waals surface area contributed by atoms with Crippen molar-refractivity contribution in [3.05, 3.63) is 11.5 Å². The second-order valence-electron chi connectivity index (χ2n) is 4.48. The largest absolute Gasteiger partial charge is 0.385 e. The van der Waals surface area contributed by atoms with Crippen LogP contribution in [0.3, 0.4) is 0 Å². The van der Waals surface area contributed by atoms with E-state index in [-0.39, 0.29) is 0 Å². The molecule has 0 amide bonds. The summed E-state index contributed by atoms with van der Waals surface area (Å²) in [6, 6.07) is 0. The molecular formula is C12H20O3. The van der Waals surface area contributed by atoms with Crippen LogP contribution in [0.2, 0.25) is 0 Å². The van der Waals surface area contributed by atoms with E-state index in [0.717, 1.165) is 31.4 Å². The molecule has 1 aliphatic carbocycles. The summed E-state index contributed by atoms with van der Waals surface area (Å²) in [4.78, 5) is 0. The standard InChI is InChI=1S/C12H20O3/c13-10-8-6-4-2-1-3-5-7-9-11-12(10)15-14-11/h10,13H,1-9H2. The minimum absolute atomic E-state index is 0.437. The highest BCUT2D eigenvalue weighted by Gasteiger charge is 2.22. The molecule has 1 N–H and O–H groups in total. The van der Waals surface area contributed by atoms with Crippen molar-refractivity contribution in [2.45, 2.75) is 63.9 Å². The predicted octanol–water partition coefficient (Wildman–Crippen LogP) is 3.58. The van der Waals surface area contributed by atoms with E-state index in [4.69, 9.17) is 9.15 Å². The summed E-state index contributed by atoms with van der Waals surface area (Å²) in [5.41, 5.74) is 0. The van der Waals surface area contributed by atoms with Gasteiger partial charge in [-0.05, 0) is 12.8 Å². The van der Waals surface area contributed by atoms with Gasteiger partial charge in [0.15, 0.2) is 0 Å². The van der Waals surface area contributed by atoms with Gasteiger partial charge in [-0.1, -0.05) is 38.5 Å². The van der Waals surface area contributed by atoms with Crippen LogP contribution in [0.15, 0.2) is 9.15 Å². The van der Waals surface area contributed by atoms with E-state index < -0.39 is 6.10 Å². The molecule has 1 aromatic heterocycles. The monoisotopic (exact) mass is 212 g/mol. The van der Waals surface area contributed by atoms with Gasteiger partial charge in [0, 0.05) is 6.42 Å². The number of aliphatic hydroxyl groups is 1. The van der Waals surface area contributed by atoms with Crippen molar-refractivity contribution in [1.29, 1.82) is 0 Å². The molecule has 1 aromatic rings. The quantitative estimate of drug-likeness (QED) is 0.668. The van der Waals surface area contributed by atoms with Gasteiger partial charge in [-0.3, -0.25) is 9.15 Å². The third-order valence-electron chi connectivity index (χ3n) is 3.19. The van der Waals surface area contributed by atoms with Crippen molar-refractivity contribution in [1.82, 2.24) is 0 Å². The van der Waals surface area contributed by atoms with Crippen molar-refractivity contribution in [3.8, 4) is 0 Å². The van der Waals surface area contributed by atoms with Gasteiger partial charge in [0.2, 0.25) is 11.5 Å². The lowest BCUT2D eigenvalue weighted by Crippen LogP contribution is -2.06.